The van der Waals surface area contributed by atoms with Gasteiger partial charge in [0.15, 0.2) is 0 Å². The standard InChI is InChI=1S/C14H16F2N2O3/c1-8(14(20)21)18(10-3-4-10)7-13(19)17-12-5-2-9(15)6-11(12)16/h2,5-6,8,10H,3-4,7H2,1H3,(H,17,19)(H,20,21). The van der Waals surface area contributed by atoms with Crippen molar-refractivity contribution in [2.24, 2.45) is 0 Å². The Morgan fingerprint density at radius 2 is 2.10 bits per heavy atom. The number of nitrogens with one attached hydrogen (secondary N) is 1. The molecule has 1 aromatic rings. The summed E-state index contributed by atoms with van der Waals surface area (Å²) in [6.07, 6.45) is 1.69. The first-order valence-electron chi connectivity index (χ1n) is 6.62. The quantitative estimate of drug-likeness (QED) is 0.841. The number of aliphatic carboxylic acids is 1. The van der Waals surface area contributed by atoms with Gasteiger partial charge in [0.1, 0.15) is 17.7 Å². The Bertz CT molecular complexity index is 561. The summed E-state index contributed by atoms with van der Waals surface area (Å²) in [5.41, 5.74) is -0.125. The van der Waals surface area contributed by atoms with Crippen molar-refractivity contribution in [2.45, 2.75) is 31.8 Å². The van der Waals surface area contributed by atoms with Gasteiger partial charge in [-0.15, -0.1) is 0 Å². The topological polar surface area (TPSA) is 69.6 Å². The van der Waals surface area contributed by atoms with Gasteiger partial charge in [-0.1, -0.05) is 0 Å². The Kier molecular flexibility index (Phi) is 4.52. The van der Waals surface area contributed by atoms with E-state index in [0.717, 1.165) is 25.0 Å². The third-order valence-corrected chi connectivity index (χ3v) is 3.40. The number of halogens is 2. The number of amides is 1. The normalized spacial score (nSPS) is 15.8. The highest BCUT2D eigenvalue weighted by molar-refractivity contribution is 5.92. The van der Waals surface area contributed by atoms with Crippen LogP contribution in [-0.4, -0.2) is 40.5 Å². The maximum atomic E-state index is 13.4. The third kappa shape index (κ3) is 3.98. The van der Waals surface area contributed by atoms with E-state index in [0.29, 0.717) is 6.07 Å². The second-order valence-corrected chi connectivity index (χ2v) is 5.09. The minimum absolute atomic E-state index is 0.0694. The minimum atomic E-state index is -1.01. The van der Waals surface area contributed by atoms with Crippen LogP contribution >= 0.6 is 0 Å². The van der Waals surface area contributed by atoms with Crippen molar-refractivity contribution in [3.63, 3.8) is 0 Å². The maximum absolute atomic E-state index is 13.4. The Labute approximate surface area is 120 Å². The smallest absolute Gasteiger partial charge is 0.320 e. The molecular formula is C14H16F2N2O3. The van der Waals surface area contributed by atoms with Crippen LogP contribution in [0, 0.1) is 11.6 Å². The molecule has 0 aliphatic heterocycles. The zero-order valence-electron chi connectivity index (χ0n) is 11.5. The van der Waals surface area contributed by atoms with Gasteiger partial charge in [-0.2, -0.15) is 0 Å². The molecule has 1 fully saturated rings. The van der Waals surface area contributed by atoms with Crippen LogP contribution in [0.2, 0.25) is 0 Å². The maximum Gasteiger partial charge on any atom is 0.320 e. The van der Waals surface area contributed by atoms with E-state index >= 15 is 0 Å². The Morgan fingerprint density at radius 3 is 2.62 bits per heavy atom. The van der Waals surface area contributed by atoms with Crippen LogP contribution in [-0.2, 0) is 9.59 Å². The summed E-state index contributed by atoms with van der Waals surface area (Å²) in [6.45, 7) is 1.36. The van der Waals surface area contributed by atoms with Crippen molar-refractivity contribution in [3.05, 3.63) is 29.8 Å². The molecule has 0 saturated heterocycles. The number of carboxylic acids is 1. The second kappa shape index (κ2) is 6.17. The predicted molar refractivity (Wildman–Crippen MR) is 71.8 cm³/mol. The zero-order chi connectivity index (χ0) is 15.6. The molecule has 1 aliphatic carbocycles. The van der Waals surface area contributed by atoms with Gasteiger partial charge in [-0.3, -0.25) is 14.5 Å². The molecule has 2 rings (SSSR count). The van der Waals surface area contributed by atoms with Crippen LogP contribution in [0.5, 0.6) is 0 Å². The molecule has 0 bridgehead atoms. The summed E-state index contributed by atoms with van der Waals surface area (Å²) in [6, 6.07) is 2.12. The summed E-state index contributed by atoms with van der Waals surface area (Å²) in [4.78, 5) is 24.5. The van der Waals surface area contributed by atoms with E-state index in [2.05, 4.69) is 5.32 Å². The average Bonchev–Trinajstić information content (AvgIpc) is 3.23. The average molecular weight is 298 g/mol. The molecule has 2 N–H and O–H groups in total. The molecule has 1 aromatic carbocycles. The van der Waals surface area contributed by atoms with Crippen LogP contribution in [0.4, 0.5) is 14.5 Å². The number of nitrogens with zero attached hydrogens (tertiary/aromatic N) is 1. The Hall–Kier alpha value is -2.02. The zero-order valence-corrected chi connectivity index (χ0v) is 11.5. The lowest BCUT2D eigenvalue weighted by Crippen LogP contribution is -2.44. The van der Waals surface area contributed by atoms with Gasteiger partial charge in [0.05, 0.1) is 12.2 Å². The lowest BCUT2D eigenvalue weighted by molar-refractivity contribution is -0.143. The van der Waals surface area contributed by atoms with Gasteiger partial charge in [-0.25, -0.2) is 8.78 Å². The molecule has 114 valence electrons. The molecule has 5 nitrogen and oxygen atoms in total. The molecule has 0 heterocycles. The molecule has 0 spiro atoms. The summed E-state index contributed by atoms with van der Waals surface area (Å²) in [7, 11) is 0. The third-order valence-electron chi connectivity index (χ3n) is 3.40. The van der Waals surface area contributed by atoms with Crippen LogP contribution in [0.1, 0.15) is 19.8 Å². The Morgan fingerprint density at radius 1 is 1.43 bits per heavy atom. The van der Waals surface area contributed by atoms with Crippen molar-refractivity contribution >= 4 is 17.6 Å². The lowest BCUT2D eigenvalue weighted by atomic mass is 10.2. The minimum Gasteiger partial charge on any atom is -0.480 e. The predicted octanol–water partition coefficient (Wildman–Crippen LogP) is 1.84. The fourth-order valence-corrected chi connectivity index (χ4v) is 2.08. The highest BCUT2D eigenvalue weighted by Crippen LogP contribution is 2.28. The molecule has 1 amide bonds. The fraction of sp³-hybridized carbons (Fsp3) is 0.429. The number of benzene rings is 1. The number of carbonyl (C=O) groups is 2. The van der Waals surface area contributed by atoms with Gasteiger partial charge < -0.3 is 10.4 Å². The van der Waals surface area contributed by atoms with Gasteiger partial charge in [0.25, 0.3) is 0 Å². The highest BCUT2D eigenvalue weighted by Gasteiger charge is 2.36. The van der Waals surface area contributed by atoms with Gasteiger partial charge in [0, 0.05) is 12.1 Å². The summed E-state index contributed by atoms with van der Waals surface area (Å²) in [5.74, 6) is -3.14. The van der Waals surface area contributed by atoms with Gasteiger partial charge in [0.2, 0.25) is 5.91 Å². The summed E-state index contributed by atoms with van der Waals surface area (Å²) >= 11 is 0. The molecule has 0 aromatic heterocycles. The van der Waals surface area contributed by atoms with E-state index in [1.807, 2.05) is 0 Å². The molecule has 1 atom stereocenters. The molecule has 7 heteroatoms. The van der Waals surface area contributed by atoms with E-state index in [-0.39, 0.29) is 18.3 Å². The van der Waals surface area contributed by atoms with Gasteiger partial charge >= 0.3 is 5.97 Å². The largest absolute Gasteiger partial charge is 0.480 e. The first-order valence-corrected chi connectivity index (χ1v) is 6.62. The monoisotopic (exact) mass is 298 g/mol. The second-order valence-electron chi connectivity index (χ2n) is 5.09. The van der Waals surface area contributed by atoms with E-state index in [9.17, 15) is 18.4 Å². The van der Waals surface area contributed by atoms with Crippen molar-refractivity contribution in [3.8, 4) is 0 Å². The molecule has 21 heavy (non-hydrogen) atoms. The van der Waals surface area contributed by atoms with Crippen molar-refractivity contribution in [1.29, 1.82) is 0 Å². The van der Waals surface area contributed by atoms with Crippen LogP contribution in [0.25, 0.3) is 0 Å². The van der Waals surface area contributed by atoms with Crippen LogP contribution in [0.15, 0.2) is 18.2 Å². The van der Waals surface area contributed by atoms with Crippen molar-refractivity contribution in [1.82, 2.24) is 4.90 Å². The van der Waals surface area contributed by atoms with Crippen LogP contribution in [0.3, 0.4) is 0 Å². The number of hydrogen-bond acceptors (Lipinski definition) is 3. The first-order chi connectivity index (χ1) is 9.88. The van der Waals surface area contributed by atoms with E-state index in [1.54, 1.807) is 4.90 Å². The van der Waals surface area contributed by atoms with Crippen molar-refractivity contribution < 1.29 is 23.5 Å². The van der Waals surface area contributed by atoms with Crippen LogP contribution < -0.4 is 5.32 Å². The number of carbonyl (C=O) groups excluding carboxylic acids is 1. The fourth-order valence-electron chi connectivity index (χ4n) is 2.08. The molecular weight excluding hydrogens is 282 g/mol. The Balaban J connectivity index is 2.00. The number of carboxylic acid groups (broad SMARTS) is 1. The number of anilines is 1. The SMILES string of the molecule is CC(C(=O)O)N(CC(=O)Nc1ccc(F)cc1F)C1CC1. The van der Waals surface area contributed by atoms with Crippen molar-refractivity contribution in [2.75, 3.05) is 11.9 Å². The molecule has 1 aliphatic rings. The lowest BCUT2D eigenvalue weighted by Gasteiger charge is -2.25. The number of rotatable bonds is 6. The first kappa shape index (κ1) is 15.4. The number of hydrogen-bond donors (Lipinski definition) is 2. The highest BCUT2D eigenvalue weighted by atomic mass is 19.1. The van der Waals surface area contributed by atoms with E-state index < -0.39 is 29.6 Å². The molecule has 1 unspecified atom stereocenters. The van der Waals surface area contributed by atoms with E-state index in [4.69, 9.17) is 5.11 Å². The summed E-state index contributed by atoms with van der Waals surface area (Å²) in [5, 5.41) is 11.4. The molecule has 0 radical (unpaired) electrons. The summed E-state index contributed by atoms with van der Waals surface area (Å²) < 4.78 is 26.2. The van der Waals surface area contributed by atoms with E-state index in [1.165, 1.54) is 6.92 Å². The molecule has 1 saturated carbocycles. The van der Waals surface area contributed by atoms with Gasteiger partial charge in [-0.05, 0) is 31.9 Å².